The summed E-state index contributed by atoms with van der Waals surface area (Å²) in [5.41, 5.74) is 6.88. The lowest BCUT2D eigenvalue weighted by Crippen LogP contribution is -2.07. The fraction of sp³-hybridized carbons (Fsp3) is 0.476. The van der Waals surface area contributed by atoms with Gasteiger partial charge >= 0.3 is 5.97 Å². The van der Waals surface area contributed by atoms with Crippen LogP contribution in [0, 0.1) is 13.8 Å². The first-order valence-electron chi connectivity index (χ1n) is 9.66. The van der Waals surface area contributed by atoms with Gasteiger partial charge in [-0.15, -0.1) is 11.3 Å². The highest BCUT2D eigenvalue weighted by Gasteiger charge is 2.08. The number of carbonyl (C=O) groups excluding carboxylic acids is 1. The van der Waals surface area contributed by atoms with Crippen LogP contribution in [0.2, 0.25) is 0 Å². The van der Waals surface area contributed by atoms with Crippen LogP contribution in [0.15, 0.2) is 22.6 Å². The van der Waals surface area contributed by atoms with Crippen LogP contribution in [-0.2, 0) is 16.0 Å². The maximum absolute atomic E-state index is 11.5. The van der Waals surface area contributed by atoms with E-state index in [4.69, 9.17) is 9.47 Å². The van der Waals surface area contributed by atoms with Crippen LogP contribution in [-0.4, -0.2) is 30.4 Å². The zero-order chi connectivity index (χ0) is 20.4. The van der Waals surface area contributed by atoms with Gasteiger partial charge < -0.3 is 9.47 Å². The van der Waals surface area contributed by atoms with Crippen LogP contribution in [0.4, 0.5) is 5.13 Å². The first-order valence-corrected chi connectivity index (χ1v) is 10.5. The molecule has 152 valence electrons. The first kappa shape index (κ1) is 21.9. The lowest BCUT2D eigenvalue weighted by molar-refractivity contribution is -0.142. The molecular weight excluding hydrogens is 374 g/mol. The number of ether oxygens (including phenoxy) is 2. The molecule has 0 aliphatic rings. The van der Waals surface area contributed by atoms with Crippen molar-refractivity contribution < 1.29 is 14.3 Å². The lowest BCUT2D eigenvalue weighted by Gasteiger charge is -2.11. The standard InChI is InChI=1S/C21H29N3O3S/c1-5-7-8-9-27-18-10-15(3)19(16(4)11-18)13-22-24-21-23-17(14-28-21)12-20(25)26-6-2/h10-11,13-14H,5-9,12H2,1-4H3,(H,23,24). The monoisotopic (exact) mass is 403 g/mol. The summed E-state index contributed by atoms with van der Waals surface area (Å²) in [6, 6.07) is 4.09. The van der Waals surface area contributed by atoms with E-state index in [2.05, 4.69) is 22.4 Å². The highest BCUT2D eigenvalue weighted by atomic mass is 32.1. The minimum absolute atomic E-state index is 0.174. The maximum Gasteiger partial charge on any atom is 0.311 e. The predicted octanol–water partition coefficient (Wildman–Crippen LogP) is 4.88. The molecule has 28 heavy (non-hydrogen) atoms. The second-order valence-electron chi connectivity index (χ2n) is 6.52. The Bertz CT molecular complexity index is 779. The van der Waals surface area contributed by atoms with Crippen molar-refractivity contribution in [1.82, 2.24) is 4.98 Å². The molecule has 0 amide bonds. The number of unbranched alkanes of at least 4 members (excludes halogenated alkanes) is 2. The van der Waals surface area contributed by atoms with Crippen molar-refractivity contribution in [1.29, 1.82) is 0 Å². The van der Waals surface area contributed by atoms with E-state index in [1.165, 1.54) is 24.2 Å². The molecular formula is C21H29N3O3S. The van der Waals surface area contributed by atoms with Gasteiger partial charge in [0.25, 0.3) is 0 Å². The van der Waals surface area contributed by atoms with Gasteiger partial charge in [0, 0.05) is 10.9 Å². The van der Waals surface area contributed by atoms with Crippen molar-refractivity contribution in [3.63, 3.8) is 0 Å². The van der Waals surface area contributed by atoms with Crippen LogP contribution in [0.5, 0.6) is 5.75 Å². The molecule has 0 bridgehead atoms. The number of hydrogen-bond donors (Lipinski definition) is 1. The van der Waals surface area contributed by atoms with E-state index in [0.717, 1.165) is 35.5 Å². The number of nitrogens with one attached hydrogen (secondary N) is 1. The number of carbonyl (C=O) groups is 1. The molecule has 1 heterocycles. The smallest absolute Gasteiger partial charge is 0.311 e. The van der Waals surface area contributed by atoms with Gasteiger partial charge in [0.05, 0.1) is 31.5 Å². The van der Waals surface area contributed by atoms with Crippen molar-refractivity contribution in [3.8, 4) is 5.75 Å². The quantitative estimate of drug-likeness (QED) is 0.250. The molecule has 7 heteroatoms. The SMILES string of the molecule is CCCCCOc1cc(C)c(C=NNc2nc(CC(=O)OCC)cs2)c(C)c1. The van der Waals surface area contributed by atoms with E-state index in [0.29, 0.717) is 17.4 Å². The number of hydrazone groups is 1. The van der Waals surface area contributed by atoms with Crippen LogP contribution >= 0.6 is 11.3 Å². The lowest BCUT2D eigenvalue weighted by atomic mass is 10.0. The molecule has 1 aromatic carbocycles. The molecule has 0 radical (unpaired) electrons. The molecule has 1 aromatic heterocycles. The van der Waals surface area contributed by atoms with E-state index < -0.39 is 0 Å². The highest BCUT2D eigenvalue weighted by molar-refractivity contribution is 7.13. The van der Waals surface area contributed by atoms with Crippen LogP contribution in [0.1, 0.15) is 55.5 Å². The third-order valence-electron chi connectivity index (χ3n) is 4.12. The number of hydrogen-bond acceptors (Lipinski definition) is 7. The van der Waals surface area contributed by atoms with E-state index in [-0.39, 0.29) is 12.4 Å². The Labute approximate surface area is 171 Å². The Morgan fingerprint density at radius 1 is 1.25 bits per heavy atom. The molecule has 0 saturated heterocycles. The van der Waals surface area contributed by atoms with E-state index in [1.807, 2.05) is 31.4 Å². The van der Waals surface area contributed by atoms with Gasteiger partial charge in [-0.05, 0) is 50.5 Å². The molecule has 0 aliphatic heterocycles. The van der Waals surface area contributed by atoms with E-state index >= 15 is 0 Å². The summed E-state index contributed by atoms with van der Waals surface area (Å²) in [5.74, 6) is 0.630. The second-order valence-corrected chi connectivity index (χ2v) is 7.38. The fourth-order valence-corrected chi connectivity index (χ4v) is 3.37. The molecule has 2 aromatic rings. The van der Waals surface area contributed by atoms with Crippen molar-refractivity contribution in [3.05, 3.63) is 39.9 Å². The molecule has 0 spiro atoms. The van der Waals surface area contributed by atoms with Gasteiger partial charge in [0.15, 0.2) is 0 Å². The number of aromatic nitrogens is 1. The number of benzene rings is 1. The van der Waals surface area contributed by atoms with Crippen LogP contribution in [0.3, 0.4) is 0 Å². The summed E-state index contributed by atoms with van der Waals surface area (Å²) in [6.07, 6.45) is 5.42. The summed E-state index contributed by atoms with van der Waals surface area (Å²) in [4.78, 5) is 15.8. The van der Waals surface area contributed by atoms with Gasteiger partial charge in [0.2, 0.25) is 5.13 Å². The average Bonchev–Trinajstić information content (AvgIpc) is 3.08. The van der Waals surface area contributed by atoms with Crippen LogP contribution < -0.4 is 10.2 Å². The summed E-state index contributed by atoms with van der Waals surface area (Å²) in [5, 5.41) is 6.76. The Balaban J connectivity index is 1.93. The van der Waals surface area contributed by atoms with Gasteiger partial charge in [-0.25, -0.2) is 4.98 Å². The zero-order valence-electron chi connectivity index (χ0n) is 17.1. The van der Waals surface area contributed by atoms with Gasteiger partial charge in [0.1, 0.15) is 5.75 Å². The summed E-state index contributed by atoms with van der Waals surface area (Å²) < 4.78 is 10.8. The molecule has 1 N–H and O–H groups in total. The van der Waals surface area contributed by atoms with E-state index in [1.54, 1.807) is 13.1 Å². The van der Waals surface area contributed by atoms with Crippen molar-refractivity contribution in [2.75, 3.05) is 18.6 Å². The minimum Gasteiger partial charge on any atom is -0.494 e. The summed E-state index contributed by atoms with van der Waals surface area (Å²) in [6.45, 7) is 9.20. The first-order chi connectivity index (χ1) is 13.5. The topological polar surface area (TPSA) is 72.8 Å². The molecule has 0 unspecified atom stereocenters. The largest absolute Gasteiger partial charge is 0.494 e. The maximum atomic E-state index is 11.5. The molecule has 0 saturated carbocycles. The summed E-state index contributed by atoms with van der Waals surface area (Å²) >= 11 is 1.40. The van der Waals surface area contributed by atoms with Gasteiger partial charge in [-0.2, -0.15) is 5.10 Å². The number of rotatable bonds is 11. The van der Waals surface area contributed by atoms with Crippen molar-refractivity contribution >= 4 is 28.7 Å². The van der Waals surface area contributed by atoms with Crippen molar-refractivity contribution in [2.45, 2.75) is 53.4 Å². The molecule has 0 aliphatic carbocycles. The Hall–Kier alpha value is -2.41. The molecule has 0 fully saturated rings. The fourth-order valence-electron chi connectivity index (χ4n) is 2.72. The Kier molecular flexibility index (Phi) is 8.94. The van der Waals surface area contributed by atoms with E-state index in [9.17, 15) is 4.79 Å². The predicted molar refractivity (Wildman–Crippen MR) is 115 cm³/mol. The van der Waals surface area contributed by atoms with Crippen molar-refractivity contribution in [2.24, 2.45) is 5.10 Å². The molecule has 2 rings (SSSR count). The average molecular weight is 404 g/mol. The van der Waals surface area contributed by atoms with Gasteiger partial charge in [-0.3, -0.25) is 10.2 Å². The zero-order valence-corrected chi connectivity index (χ0v) is 17.9. The molecule has 6 nitrogen and oxygen atoms in total. The Morgan fingerprint density at radius 2 is 2.00 bits per heavy atom. The normalized spacial score (nSPS) is 11.0. The molecule has 0 atom stereocenters. The van der Waals surface area contributed by atoms with Crippen LogP contribution in [0.25, 0.3) is 0 Å². The second kappa shape index (κ2) is 11.4. The third kappa shape index (κ3) is 6.96. The number of thiazole rings is 1. The summed E-state index contributed by atoms with van der Waals surface area (Å²) in [7, 11) is 0. The minimum atomic E-state index is -0.272. The van der Waals surface area contributed by atoms with Gasteiger partial charge in [-0.1, -0.05) is 19.8 Å². The third-order valence-corrected chi connectivity index (χ3v) is 4.92. The highest BCUT2D eigenvalue weighted by Crippen LogP contribution is 2.21. The number of anilines is 1. The number of aryl methyl sites for hydroxylation is 2. The number of esters is 1. The number of nitrogens with zero attached hydrogens (tertiary/aromatic N) is 2. The Morgan fingerprint density at radius 3 is 2.68 bits per heavy atom.